The Morgan fingerprint density at radius 3 is 2.86 bits per heavy atom. The van der Waals surface area contributed by atoms with Gasteiger partial charge in [-0.05, 0) is 24.7 Å². The second kappa shape index (κ2) is 5.23. The number of carbonyl (C=O) groups excluding carboxylic acids is 1. The zero-order chi connectivity index (χ0) is 15.1. The maximum absolute atomic E-state index is 12.5. The number of rotatable bonds is 3. The van der Waals surface area contributed by atoms with Gasteiger partial charge < -0.3 is 14.8 Å². The molecule has 0 unspecified atom stereocenters. The summed E-state index contributed by atoms with van der Waals surface area (Å²) in [6, 6.07) is 0. The van der Waals surface area contributed by atoms with Crippen LogP contribution in [0.25, 0.3) is 11.2 Å². The van der Waals surface area contributed by atoms with Gasteiger partial charge in [0.25, 0.3) is 0 Å². The van der Waals surface area contributed by atoms with Crippen molar-refractivity contribution in [2.45, 2.75) is 19.3 Å². The lowest BCUT2D eigenvalue weighted by molar-refractivity contribution is -0.128. The highest BCUT2D eigenvalue weighted by atomic mass is 16.2. The highest BCUT2D eigenvalue weighted by molar-refractivity contribution is 5.87. The average Bonchev–Trinajstić information content (AvgIpc) is 3.21. The molecule has 1 N–H and O–H groups in total. The molecule has 116 valence electrons. The molecule has 1 amide bonds. The molecule has 0 spiro atoms. The van der Waals surface area contributed by atoms with E-state index in [1.165, 1.54) is 25.6 Å². The van der Waals surface area contributed by atoms with Crippen LogP contribution in [-0.2, 0) is 4.79 Å². The maximum atomic E-state index is 12.5. The minimum atomic E-state index is 0.183. The van der Waals surface area contributed by atoms with E-state index in [1.807, 2.05) is 16.8 Å². The summed E-state index contributed by atoms with van der Waals surface area (Å²) in [5.74, 6) is 2.36. The van der Waals surface area contributed by atoms with Crippen LogP contribution >= 0.6 is 0 Å². The summed E-state index contributed by atoms with van der Waals surface area (Å²) in [6.45, 7) is 2.20. The highest BCUT2D eigenvalue weighted by Crippen LogP contribution is 2.37. The lowest BCUT2D eigenvalue weighted by Gasteiger charge is -2.23. The van der Waals surface area contributed by atoms with E-state index in [0.29, 0.717) is 12.2 Å². The van der Waals surface area contributed by atoms with Crippen molar-refractivity contribution < 1.29 is 4.79 Å². The van der Waals surface area contributed by atoms with Gasteiger partial charge in [0, 0.05) is 20.1 Å². The maximum Gasteiger partial charge on any atom is 0.242 e. The number of nitrogens with zero attached hydrogens (tertiary/aromatic N) is 5. The number of nitrogens with one attached hydrogen (secondary N) is 1. The quantitative estimate of drug-likeness (QED) is 0.916. The zero-order valence-electron chi connectivity index (χ0n) is 12.7. The zero-order valence-corrected chi connectivity index (χ0v) is 12.7. The van der Waals surface area contributed by atoms with Crippen molar-refractivity contribution >= 4 is 22.9 Å². The predicted molar refractivity (Wildman–Crippen MR) is 82.4 cm³/mol. The predicted octanol–water partition coefficient (Wildman–Crippen LogP) is 1.05. The van der Waals surface area contributed by atoms with E-state index < -0.39 is 0 Å². The minimum Gasteiger partial charge on any atom is -0.348 e. The van der Waals surface area contributed by atoms with E-state index in [-0.39, 0.29) is 5.91 Å². The van der Waals surface area contributed by atoms with E-state index in [0.717, 1.165) is 36.3 Å². The minimum absolute atomic E-state index is 0.183. The Kier molecular flexibility index (Phi) is 3.20. The molecule has 3 heterocycles. The number of carbonyl (C=O) groups is 1. The second-order valence-corrected chi connectivity index (χ2v) is 6.40. The first-order chi connectivity index (χ1) is 10.7. The first kappa shape index (κ1) is 13.5. The van der Waals surface area contributed by atoms with Gasteiger partial charge in [-0.3, -0.25) is 4.79 Å². The van der Waals surface area contributed by atoms with Crippen LogP contribution in [0, 0.1) is 11.8 Å². The third-order valence-corrected chi connectivity index (χ3v) is 5.02. The SMILES string of the molecule is CN(CC(=O)N1C[C@H]2CCC[C@H]2C1)c1ncnc2nc[nH]c12. The molecule has 1 aliphatic heterocycles. The fourth-order valence-electron chi connectivity index (χ4n) is 3.86. The average molecular weight is 300 g/mol. The Bertz CT molecular complexity index is 686. The molecule has 0 bridgehead atoms. The van der Waals surface area contributed by atoms with E-state index in [2.05, 4.69) is 19.9 Å². The third-order valence-electron chi connectivity index (χ3n) is 5.02. The van der Waals surface area contributed by atoms with Gasteiger partial charge in [0.05, 0.1) is 12.9 Å². The molecular weight excluding hydrogens is 280 g/mol. The lowest BCUT2D eigenvalue weighted by Crippen LogP contribution is -2.38. The van der Waals surface area contributed by atoms with Crippen LogP contribution in [0.15, 0.2) is 12.7 Å². The number of hydrogen-bond donors (Lipinski definition) is 1. The van der Waals surface area contributed by atoms with Gasteiger partial charge in [-0.1, -0.05) is 6.42 Å². The number of H-pyrrole nitrogens is 1. The summed E-state index contributed by atoms with van der Waals surface area (Å²) in [6.07, 6.45) is 6.98. The standard InChI is InChI=1S/C15H20N6O/c1-20(15-13-14(17-8-16-13)18-9-19-15)7-12(22)21-5-10-3-2-4-11(10)6-21/h8-11H,2-7H2,1H3,(H,16,17,18,19)/t10-,11+. The largest absolute Gasteiger partial charge is 0.348 e. The molecule has 7 nitrogen and oxygen atoms in total. The van der Waals surface area contributed by atoms with Gasteiger partial charge in [-0.2, -0.15) is 0 Å². The van der Waals surface area contributed by atoms with Gasteiger partial charge in [0.15, 0.2) is 11.5 Å². The first-order valence-corrected chi connectivity index (χ1v) is 7.85. The Hall–Kier alpha value is -2.18. The summed E-state index contributed by atoms with van der Waals surface area (Å²) in [4.78, 5) is 32.0. The number of likely N-dealkylation sites (N-methyl/N-ethyl adjacent to an activating group) is 1. The molecule has 0 aromatic carbocycles. The molecule has 2 aliphatic rings. The van der Waals surface area contributed by atoms with E-state index in [1.54, 1.807) is 6.33 Å². The van der Waals surface area contributed by atoms with Crippen molar-refractivity contribution in [2.24, 2.45) is 11.8 Å². The summed E-state index contributed by atoms with van der Waals surface area (Å²) in [5.41, 5.74) is 1.40. The van der Waals surface area contributed by atoms with Crippen molar-refractivity contribution in [2.75, 3.05) is 31.6 Å². The van der Waals surface area contributed by atoms with E-state index in [4.69, 9.17) is 0 Å². The number of hydrogen-bond acceptors (Lipinski definition) is 5. The molecule has 1 aliphatic carbocycles. The van der Waals surface area contributed by atoms with Crippen molar-refractivity contribution in [3.8, 4) is 0 Å². The molecule has 2 aromatic rings. The number of fused-ring (bicyclic) bond motifs is 2. The molecule has 7 heteroatoms. The van der Waals surface area contributed by atoms with Crippen LogP contribution in [0.1, 0.15) is 19.3 Å². The number of imidazole rings is 1. The molecule has 1 saturated heterocycles. The Morgan fingerprint density at radius 1 is 1.32 bits per heavy atom. The Balaban J connectivity index is 1.46. The van der Waals surface area contributed by atoms with Crippen LogP contribution in [0.5, 0.6) is 0 Å². The van der Waals surface area contributed by atoms with Gasteiger partial charge in [0.1, 0.15) is 11.8 Å². The summed E-state index contributed by atoms with van der Waals surface area (Å²) in [7, 11) is 1.89. The normalized spacial score (nSPS) is 24.0. The summed E-state index contributed by atoms with van der Waals surface area (Å²) in [5, 5.41) is 0. The number of amides is 1. The van der Waals surface area contributed by atoms with Crippen molar-refractivity contribution in [3.63, 3.8) is 0 Å². The van der Waals surface area contributed by atoms with Crippen LogP contribution in [0.2, 0.25) is 0 Å². The highest BCUT2D eigenvalue weighted by Gasteiger charge is 2.38. The van der Waals surface area contributed by atoms with Gasteiger partial charge in [-0.25, -0.2) is 15.0 Å². The summed E-state index contributed by atoms with van der Waals surface area (Å²) < 4.78 is 0. The Morgan fingerprint density at radius 2 is 2.09 bits per heavy atom. The van der Waals surface area contributed by atoms with E-state index in [9.17, 15) is 4.79 Å². The van der Waals surface area contributed by atoms with Gasteiger partial charge >= 0.3 is 0 Å². The van der Waals surface area contributed by atoms with Crippen molar-refractivity contribution in [1.82, 2.24) is 24.8 Å². The molecule has 2 fully saturated rings. The Labute approximate surface area is 128 Å². The number of aromatic nitrogens is 4. The van der Waals surface area contributed by atoms with E-state index >= 15 is 0 Å². The first-order valence-electron chi connectivity index (χ1n) is 7.85. The number of likely N-dealkylation sites (tertiary alicyclic amines) is 1. The van der Waals surface area contributed by atoms with Gasteiger partial charge in [-0.15, -0.1) is 0 Å². The van der Waals surface area contributed by atoms with Crippen molar-refractivity contribution in [3.05, 3.63) is 12.7 Å². The fourth-order valence-corrected chi connectivity index (χ4v) is 3.86. The number of aromatic amines is 1. The molecule has 2 aromatic heterocycles. The van der Waals surface area contributed by atoms with Crippen LogP contribution in [0.3, 0.4) is 0 Å². The topological polar surface area (TPSA) is 78.0 Å². The number of anilines is 1. The molecule has 4 rings (SSSR count). The fraction of sp³-hybridized carbons (Fsp3) is 0.600. The van der Waals surface area contributed by atoms with Crippen LogP contribution in [-0.4, -0.2) is 57.4 Å². The van der Waals surface area contributed by atoms with Gasteiger partial charge in [0.2, 0.25) is 5.91 Å². The summed E-state index contributed by atoms with van der Waals surface area (Å²) >= 11 is 0. The second-order valence-electron chi connectivity index (χ2n) is 6.40. The van der Waals surface area contributed by atoms with Crippen LogP contribution < -0.4 is 4.90 Å². The molecule has 22 heavy (non-hydrogen) atoms. The van der Waals surface area contributed by atoms with Crippen LogP contribution in [0.4, 0.5) is 5.82 Å². The third kappa shape index (κ3) is 2.20. The molecule has 2 atom stereocenters. The molecular formula is C15H20N6O. The molecule has 0 radical (unpaired) electrons. The molecule has 1 saturated carbocycles. The smallest absolute Gasteiger partial charge is 0.242 e. The monoisotopic (exact) mass is 300 g/mol. The van der Waals surface area contributed by atoms with Crippen molar-refractivity contribution in [1.29, 1.82) is 0 Å². The lowest BCUT2D eigenvalue weighted by atomic mass is 10.0.